The number of carbonyl (C=O) groups is 6. The third-order valence-corrected chi connectivity index (χ3v) is 14.4. The summed E-state index contributed by atoms with van der Waals surface area (Å²) in [7, 11) is 6.67. The minimum Gasteiger partial charge on any atom is -0.386 e. The number of nitrogens with two attached hydrogens (primary N) is 1. The average Bonchev–Trinajstić information content (AvgIpc) is 3.79. The topological polar surface area (TPSA) is 225 Å². The van der Waals surface area contributed by atoms with Crippen molar-refractivity contribution < 1.29 is 43.3 Å². The average molecular weight is 977 g/mol. The molecule has 0 bridgehead atoms. The normalized spacial score (nSPS) is 19.0. The Morgan fingerprint density at radius 3 is 2.01 bits per heavy atom. The van der Waals surface area contributed by atoms with Gasteiger partial charge < -0.3 is 51.4 Å². The van der Waals surface area contributed by atoms with Crippen LogP contribution in [0.1, 0.15) is 114 Å². The number of nitrogens with one attached hydrogen (secondary N) is 4. The number of rotatable bonds is 29. The van der Waals surface area contributed by atoms with Crippen molar-refractivity contribution in [2.24, 2.45) is 35.3 Å². The maximum absolute atomic E-state index is 14.6. The van der Waals surface area contributed by atoms with Gasteiger partial charge in [-0.3, -0.25) is 33.7 Å². The molecule has 1 fully saturated rings. The number of nitrogens with zero attached hydrogens (tertiary/aromatic N) is 3. The van der Waals surface area contributed by atoms with Crippen molar-refractivity contribution >= 4 is 47.2 Å². The minimum absolute atomic E-state index is 0.0137. The molecule has 68 heavy (non-hydrogen) atoms. The van der Waals surface area contributed by atoms with E-state index in [0.29, 0.717) is 43.1 Å². The smallest absolute Gasteiger partial charge is 0.245 e. The van der Waals surface area contributed by atoms with E-state index < -0.39 is 60.5 Å². The van der Waals surface area contributed by atoms with Gasteiger partial charge in [0.1, 0.15) is 12.1 Å². The number of amides is 6. The van der Waals surface area contributed by atoms with Crippen LogP contribution in [0.5, 0.6) is 0 Å². The van der Waals surface area contributed by atoms with Crippen molar-refractivity contribution in [2.45, 2.75) is 162 Å². The summed E-state index contributed by atoms with van der Waals surface area (Å²) in [5.41, 5.74) is 6.60. The molecule has 17 nitrogen and oxygen atoms in total. The molecular weight excluding hydrogens is 889 g/mol. The number of thioether (sulfide) groups is 1. The lowest BCUT2D eigenvalue weighted by Crippen LogP contribution is -2.60. The Hall–Kier alpha value is -3.81. The number of ether oxygens (including phenoxy) is 2. The van der Waals surface area contributed by atoms with E-state index in [4.69, 9.17) is 15.2 Å². The summed E-state index contributed by atoms with van der Waals surface area (Å²) in [6, 6.07) is 4.83. The van der Waals surface area contributed by atoms with E-state index in [0.717, 1.165) is 6.42 Å². The second-order valence-electron chi connectivity index (χ2n) is 19.7. The molecule has 7 N–H and O–H groups in total. The molecule has 1 aromatic carbocycles. The molecule has 0 spiro atoms. The van der Waals surface area contributed by atoms with E-state index in [1.54, 1.807) is 51.8 Å². The van der Waals surface area contributed by atoms with Gasteiger partial charge in [-0.05, 0) is 63.0 Å². The number of hydrogen-bond donors (Lipinski definition) is 6. The molecule has 1 saturated heterocycles. The summed E-state index contributed by atoms with van der Waals surface area (Å²) in [4.78, 5) is 86.9. The zero-order valence-corrected chi connectivity index (χ0v) is 44.6. The fourth-order valence-electron chi connectivity index (χ4n) is 9.04. The van der Waals surface area contributed by atoms with Crippen molar-refractivity contribution in [2.75, 3.05) is 53.0 Å². The highest BCUT2D eigenvalue weighted by atomic mass is 32.2. The first-order chi connectivity index (χ1) is 31.9. The SMILES string of the molecule is CC[C@H](C)[C@@H]([C@@H](CC(=O)N1CCC[C@H]1[C@H](OC)[C@@H](C)C(=O)N[C@H](C)[C@@H](O)c1ccccc1)OC)N(C)C(=O)[C@@H](NC(=O)[C@H](C(C)C)N(C)CCSCNC(=O)[C@H](C)NC(=O)[C@@H](N)C(C)C)C(C)C. The van der Waals surface area contributed by atoms with Gasteiger partial charge in [0, 0.05) is 40.1 Å². The van der Waals surface area contributed by atoms with Gasteiger partial charge in [0.25, 0.3) is 0 Å². The number of likely N-dealkylation sites (N-methyl/N-ethyl adjacent to an activating group) is 2. The number of aliphatic hydroxyl groups is 1. The summed E-state index contributed by atoms with van der Waals surface area (Å²) < 4.78 is 12.0. The summed E-state index contributed by atoms with van der Waals surface area (Å²) in [5.74, 6) is -1.93. The van der Waals surface area contributed by atoms with E-state index in [1.807, 2.05) is 97.7 Å². The Morgan fingerprint density at radius 2 is 1.47 bits per heavy atom. The molecule has 0 saturated carbocycles. The van der Waals surface area contributed by atoms with Gasteiger partial charge in [0.15, 0.2) is 0 Å². The molecule has 0 aliphatic carbocycles. The van der Waals surface area contributed by atoms with Gasteiger partial charge in [-0.15, -0.1) is 11.8 Å². The van der Waals surface area contributed by atoms with Crippen LogP contribution >= 0.6 is 11.8 Å². The van der Waals surface area contributed by atoms with Crippen LogP contribution in [0.2, 0.25) is 0 Å². The fourth-order valence-corrected chi connectivity index (χ4v) is 9.84. The summed E-state index contributed by atoms with van der Waals surface area (Å²) in [6.45, 7) is 21.6. The van der Waals surface area contributed by atoms with Gasteiger partial charge in [-0.2, -0.15) is 0 Å². The second kappa shape index (κ2) is 29.4. The van der Waals surface area contributed by atoms with Crippen molar-refractivity contribution in [3.8, 4) is 0 Å². The van der Waals surface area contributed by atoms with E-state index in [2.05, 4.69) is 21.3 Å². The second-order valence-corrected chi connectivity index (χ2v) is 20.8. The zero-order chi connectivity index (χ0) is 51.6. The van der Waals surface area contributed by atoms with E-state index >= 15 is 0 Å². The number of methoxy groups -OCH3 is 2. The molecule has 1 aliphatic heterocycles. The lowest BCUT2D eigenvalue weighted by atomic mass is 9.89. The first kappa shape index (κ1) is 60.3. The molecule has 2 rings (SSSR count). The molecule has 0 unspecified atom stereocenters. The molecule has 1 aliphatic rings. The number of hydrogen-bond acceptors (Lipinski definition) is 12. The van der Waals surface area contributed by atoms with Crippen LogP contribution in [0.3, 0.4) is 0 Å². The number of likely N-dealkylation sites (tertiary alicyclic amines) is 1. The molecule has 0 radical (unpaired) electrons. The van der Waals surface area contributed by atoms with Crippen LogP contribution in [0.25, 0.3) is 0 Å². The van der Waals surface area contributed by atoms with Crippen LogP contribution in [0, 0.1) is 29.6 Å². The van der Waals surface area contributed by atoms with Crippen molar-refractivity contribution in [1.29, 1.82) is 0 Å². The first-order valence-corrected chi connectivity index (χ1v) is 25.7. The largest absolute Gasteiger partial charge is 0.386 e. The van der Waals surface area contributed by atoms with Gasteiger partial charge in [0.2, 0.25) is 35.4 Å². The van der Waals surface area contributed by atoms with Crippen molar-refractivity contribution in [3.63, 3.8) is 0 Å². The highest BCUT2D eigenvalue weighted by molar-refractivity contribution is 7.99. The predicted octanol–water partition coefficient (Wildman–Crippen LogP) is 3.54. The van der Waals surface area contributed by atoms with Gasteiger partial charge in [-0.1, -0.05) is 99.1 Å². The van der Waals surface area contributed by atoms with Crippen LogP contribution in [0.4, 0.5) is 0 Å². The Bertz CT molecular complexity index is 1740. The van der Waals surface area contributed by atoms with Crippen LogP contribution in [-0.4, -0.2) is 163 Å². The highest BCUT2D eigenvalue weighted by Gasteiger charge is 2.43. The monoisotopic (exact) mass is 977 g/mol. The Labute approximate surface area is 411 Å². The maximum atomic E-state index is 14.6. The third-order valence-electron chi connectivity index (χ3n) is 13.6. The molecule has 18 heteroatoms. The predicted molar refractivity (Wildman–Crippen MR) is 269 cm³/mol. The summed E-state index contributed by atoms with van der Waals surface area (Å²) in [5, 5.41) is 22.4. The fraction of sp³-hybridized carbons (Fsp3) is 0.760. The lowest BCUT2D eigenvalue weighted by molar-refractivity contribution is -0.148. The molecule has 0 aromatic heterocycles. The number of aliphatic hydroxyl groups excluding tert-OH is 1. The Kier molecular flexibility index (Phi) is 26.1. The molecular formula is C50H88N8O9S. The van der Waals surface area contributed by atoms with E-state index in [9.17, 15) is 33.9 Å². The number of carbonyl (C=O) groups excluding carboxylic acids is 6. The van der Waals surface area contributed by atoms with Crippen molar-refractivity contribution in [1.82, 2.24) is 36.0 Å². The molecule has 1 aromatic rings. The van der Waals surface area contributed by atoms with Crippen LogP contribution in [0.15, 0.2) is 30.3 Å². The van der Waals surface area contributed by atoms with E-state index in [-0.39, 0.29) is 71.6 Å². The molecule has 388 valence electrons. The van der Waals surface area contributed by atoms with Gasteiger partial charge in [0.05, 0.1) is 66.7 Å². The van der Waals surface area contributed by atoms with Crippen LogP contribution < -0.4 is 27.0 Å². The lowest BCUT2D eigenvalue weighted by Gasteiger charge is -2.41. The molecule has 12 atom stereocenters. The highest BCUT2D eigenvalue weighted by Crippen LogP contribution is 2.30. The Balaban J connectivity index is 2.14. The quantitative estimate of drug-likeness (QED) is 0.0501. The van der Waals surface area contributed by atoms with Crippen molar-refractivity contribution in [3.05, 3.63) is 35.9 Å². The summed E-state index contributed by atoms with van der Waals surface area (Å²) in [6.07, 6.45) is -0.137. The zero-order valence-electron chi connectivity index (χ0n) is 43.7. The third kappa shape index (κ3) is 17.2. The molecule has 6 amide bonds. The van der Waals surface area contributed by atoms with Crippen LogP contribution in [-0.2, 0) is 38.2 Å². The van der Waals surface area contributed by atoms with E-state index in [1.165, 1.54) is 11.8 Å². The molecule has 1 heterocycles. The minimum atomic E-state index is -0.901. The standard InChI is InChI=1S/C50H88N8O9S/c1-16-32(8)43(38(66-14)27-39(59)58-24-20-23-37(58)45(67-15)33(9)46(61)53-34(10)44(60)36-21-18-17-19-22-36)57(13)50(65)41(30(4)5)55-49(64)42(31(6)7)56(12)25-26-68-28-52-47(62)35(11)54-48(63)40(51)29(2)3/h17-19,21-22,29-35,37-38,40-45,60H,16,20,23-28,51H2,1-15H3,(H,52,62)(H,53,61)(H,54,63)(H,55,64)/t32-,33+,34+,35-,37-,38+,40-,41-,42-,43-,44+,45+/m0/s1. The first-order valence-electron chi connectivity index (χ1n) is 24.5. The summed E-state index contributed by atoms with van der Waals surface area (Å²) >= 11 is 1.48. The number of benzene rings is 1. The van der Waals surface area contributed by atoms with Gasteiger partial charge in [-0.25, -0.2) is 0 Å². The van der Waals surface area contributed by atoms with Gasteiger partial charge >= 0.3 is 0 Å². The Morgan fingerprint density at radius 1 is 0.838 bits per heavy atom. The maximum Gasteiger partial charge on any atom is 0.245 e.